The second-order valence-corrected chi connectivity index (χ2v) is 11.4. The molecule has 0 bridgehead atoms. The van der Waals surface area contributed by atoms with E-state index in [9.17, 15) is 8.42 Å². The summed E-state index contributed by atoms with van der Waals surface area (Å²) >= 11 is 0. The van der Waals surface area contributed by atoms with Gasteiger partial charge in [0.05, 0.1) is 25.1 Å². The van der Waals surface area contributed by atoms with Gasteiger partial charge in [0.2, 0.25) is 16.0 Å². The van der Waals surface area contributed by atoms with Crippen LogP contribution in [-0.4, -0.2) is 68.5 Å². The van der Waals surface area contributed by atoms with E-state index in [1.165, 1.54) is 10.6 Å². The van der Waals surface area contributed by atoms with Gasteiger partial charge in [-0.05, 0) is 48.4 Å². The zero-order valence-corrected chi connectivity index (χ0v) is 22.4. The lowest BCUT2D eigenvalue weighted by molar-refractivity contribution is 0.273. The van der Waals surface area contributed by atoms with Crippen LogP contribution in [-0.2, 0) is 16.6 Å². The molecule has 0 amide bonds. The molecule has 200 valence electrons. The van der Waals surface area contributed by atoms with Gasteiger partial charge >= 0.3 is 0 Å². The molecular formula is C27H33N7O3S. The number of para-hydroxylation sites is 1. The van der Waals surface area contributed by atoms with E-state index in [-0.39, 0.29) is 0 Å². The number of fused-ring (bicyclic) bond motifs is 1. The van der Waals surface area contributed by atoms with Gasteiger partial charge in [-0.25, -0.2) is 13.4 Å². The van der Waals surface area contributed by atoms with Gasteiger partial charge in [-0.1, -0.05) is 18.2 Å². The third-order valence-electron chi connectivity index (χ3n) is 6.64. The molecule has 1 fully saturated rings. The number of aromatic nitrogens is 3. The highest BCUT2D eigenvalue weighted by molar-refractivity contribution is 7.92. The lowest BCUT2D eigenvalue weighted by Crippen LogP contribution is -2.48. The topological polar surface area (TPSA) is 113 Å². The van der Waals surface area contributed by atoms with Crippen molar-refractivity contribution in [3.05, 3.63) is 72.6 Å². The molecule has 2 aromatic carbocycles. The van der Waals surface area contributed by atoms with Gasteiger partial charge in [0.25, 0.3) is 0 Å². The molecule has 0 spiro atoms. The Morgan fingerprint density at radius 1 is 1.13 bits per heavy atom. The van der Waals surface area contributed by atoms with Crippen molar-refractivity contribution in [3.8, 4) is 5.75 Å². The molecule has 1 saturated heterocycles. The molecule has 3 heterocycles. The molecule has 1 atom stereocenters. The summed E-state index contributed by atoms with van der Waals surface area (Å²) in [6, 6.07) is 17.6. The van der Waals surface area contributed by atoms with Crippen molar-refractivity contribution in [2.45, 2.75) is 19.0 Å². The number of nitrogens with one attached hydrogen (secondary N) is 3. The second-order valence-electron chi connectivity index (χ2n) is 9.42. The Bertz CT molecular complexity index is 1480. The van der Waals surface area contributed by atoms with Crippen molar-refractivity contribution >= 4 is 38.4 Å². The number of anilines is 3. The summed E-state index contributed by atoms with van der Waals surface area (Å²) in [5, 5.41) is 11.0. The molecule has 5 rings (SSSR count). The van der Waals surface area contributed by atoms with Crippen molar-refractivity contribution in [1.82, 2.24) is 25.2 Å². The third-order valence-corrected chi connectivity index (χ3v) is 7.83. The number of nitrogens with zero attached hydrogens (tertiary/aromatic N) is 4. The molecule has 38 heavy (non-hydrogen) atoms. The van der Waals surface area contributed by atoms with Gasteiger partial charge < -0.3 is 25.3 Å². The Morgan fingerprint density at radius 2 is 1.95 bits per heavy atom. The van der Waals surface area contributed by atoms with E-state index in [0.717, 1.165) is 54.1 Å². The molecule has 0 aliphatic carbocycles. The second kappa shape index (κ2) is 11.4. The number of hydrogen-bond acceptors (Lipinski definition) is 8. The van der Waals surface area contributed by atoms with E-state index in [0.29, 0.717) is 30.8 Å². The average Bonchev–Trinajstić information content (AvgIpc) is 3.31. The number of sulfonamides is 1. The van der Waals surface area contributed by atoms with Gasteiger partial charge in [0, 0.05) is 56.2 Å². The van der Waals surface area contributed by atoms with Crippen LogP contribution >= 0.6 is 0 Å². The minimum Gasteiger partial charge on any atom is -0.494 e. The van der Waals surface area contributed by atoms with Crippen molar-refractivity contribution in [1.29, 1.82) is 0 Å². The lowest BCUT2D eigenvalue weighted by Gasteiger charge is -2.24. The van der Waals surface area contributed by atoms with E-state index in [1.807, 2.05) is 65.4 Å². The van der Waals surface area contributed by atoms with Crippen LogP contribution in [0.15, 0.2) is 67.0 Å². The van der Waals surface area contributed by atoms with Crippen LogP contribution in [0.1, 0.15) is 12.0 Å². The summed E-state index contributed by atoms with van der Waals surface area (Å²) in [5.41, 5.74) is 3.12. The highest BCUT2D eigenvalue weighted by atomic mass is 32.2. The molecular weight excluding hydrogens is 502 g/mol. The zero-order valence-electron chi connectivity index (χ0n) is 21.6. The Balaban J connectivity index is 1.26. The maximum atomic E-state index is 12.1. The molecule has 0 radical (unpaired) electrons. The fourth-order valence-corrected chi connectivity index (χ4v) is 5.01. The van der Waals surface area contributed by atoms with Gasteiger partial charge in [-0.15, -0.1) is 0 Å². The predicted molar refractivity (Wildman–Crippen MR) is 151 cm³/mol. The largest absolute Gasteiger partial charge is 0.494 e. The van der Waals surface area contributed by atoms with E-state index in [2.05, 4.69) is 20.9 Å². The fourth-order valence-electron chi connectivity index (χ4n) is 4.47. The predicted octanol–water partition coefficient (Wildman–Crippen LogP) is 2.95. The maximum Gasteiger partial charge on any atom is 0.232 e. The average molecular weight is 536 g/mol. The van der Waals surface area contributed by atoms with Gasteiger partial charge in [-0.3, -0.25) is 4.31 Å². The van der Waals surface area contributed by atoms with E-state index in [1.54, 1.807) is 13.2 Å². The molecule has 1 aliphatic rings. The van der Waals surface area contributed by atoms with Crippen LogP contribution in [0.4, 0.5) is 17.3 Å². The van der Waals surface area contributed by atoms with Crippen LogP contribution in [0.3, 0.4) is 0 Å². The lowest BCUT2D eigenvalue weighted by atomic mass is 10.2. The van der Waals surface area contributed by atoms with Gasteiger partial charge in [-0.2, -0.15) is 4.98 Å². The number of ether oxygens (including phenoxy) is 1. The summed E-state index contributed by atoms with van der Waals surface area (Å²) in [6.45, 7) is 4.12. The Labute approximate surface area is 223 Å². The monoisotopic (exact) mass is 535 g/mol. The Morgan fingerprint density at radius 3 is 2.71 bits per heavy atom. The summed E-state index contributed by atoms with van der Waals surface area (Å²) < 4.78 is 33.5. The zero-order chi connectivity index (χ0) is 26.5. The van der Waals surface area contributed by atoms with E-state index in [4.69, 9.17) is 9.72 Å². The van der Waals surface area contributed by atoms with Gasteiger partial charge in [0.1, 0.15) is 11.4 Å². The maximum absolute atomic E-state index is 12.1. The number of rotatable bonds is 10. The van der Waals surface area contributed by atoms with Crippen LogP contribution in [0.25, 0.3) is 11.0 Å². The standard InChI is InChI=1S/C27H33N7O3S/c1-33(38(2,35)36)25-6-4-3-5-21(25)19-34-15-11-20-17-30-27(32-26(20)34)31-22-7-9-24(10-8-22)37-16-12-23-18-28-13-14-29-23/h3-11,15,17,23,28-29H,12-14,16,18-19H2,1-2H3,(H,30,31,32). The summed E-state index contributed by atoms with van der Waals surface area (Å²) in [7, 11) is -1.82. The quantitative estimate of drug-likeness (QED) is 0.284. The normalized spacial score (nSPS) is 15.9. The minimum atomic E-state index is -3.38. The summed E-state index contributed by atoms with van der Waals surface area (Å²) in [6.07, 6.45) is 5.87. The molecule has 1 aliphatic heterocycles. The first-order chi connectivity index (χ1) is 18.4. The van der Waals surface area contributed by atoms with Crippen LogP contribution in [0, 0.1) is 0 Å². The minimum absolute atomic E-state index is 0.449. The molecule has 10 nitrogen and oxygen atoms in total. The fraction of sp³-hybridized carbons (Fsp3) is 0.333. The highest BCUT2D eigenvalue weighted by Gasteiger charge is 2.16. The van der Waals surface area contributed by atoms with Crippen molar-refractivity contribution in [2.24, 2.45) is 0 Å². The first-order valence-corrected chi connectivity index (χ1v) is 14.5. The highest BCUT2D eigenvalue weighted by Crippen LogP contribution is 2.25. The number of benzene rings is 2. The van der Waals surface area contributed by atoms with Crippen molar-refractivity contribution in [2.75, 3.05) is 49.2 Å². The third kappa shape index (κ3) is 6.24. The molecule has 4 aromatic rings. The summed E-state index contributed by atoms with van der Waals surface area (Å²) in [5.74, 6) is 1.30. The van der Waals surface area contributed by atoms with Crippen LogP contribution < -0.4 is 25.0 Å². The van der Waals surface area contributed by atoms with Crippen LogP contribution in [0.2, 0.25) is 0 Å². The Kier molecular flexibility index (Phi) is 7.77. The van der Waals surface area contributed by atoms with Gasteiger partial charge in [0.15, 0.2) is 0 Å². The van der Waals surface area contributed by atoms with Crippen LogP contribution in [0.5, 0.6) is 5.75 Å². The first kappa shape index (κ1) is 26.0. The van der Waals surface area contributed by atoms with Crippen molar-refractivity contribution < 1.29 is 13.2 Å². The van der Waals surface area contributed by atoms with Crippen molar-refractivity contribution in [3.63, 3.8) is 0 Å². The smallest absolute Gasteiger partial charge is 0.232 e. The SMILES string of the molecule is CN(c1ccccc1Cn1ccc2cnc(Nc3ccc(OCCC4CNCCN4)cc3)nc21)S(C)(=O)=O. The van der Waals surface area contributed by atoms with E-state index < -0.39 is 10.0 Å². The van der Waals surface area contributed by atoms with E-state index >= 15 is 0 Å². The molecule has 1 unspecified atom stereocenters. The first-order valence-electron chi connectivity index (χ1n) is 12.6. The number of hydrogen-bond donors (Lipinski definition) is 3. The number of piperazine rings is 1. The summed E-state index contributed by atoms with van der Waals surface area (Å²) in [4.78, 5) is 9.20. The Hall–Kier alpha value is -3.67. The molecule has 11 heteroatoms. The molecule has 2 aromatic heterocycles. The molecule has 0 saturated carbocycles. The molecule has 3 N–H and O–H groups in total.